The summed E-state index contributed by atoms with van der Waals surface area (Å²) in [7, 11) is -0.915. The van der Waals surface area contributed by atoms with Crippen LogP contribution in [0.3, 0.4) is 0 Å². The van der Waals surface area contributed by atoms with E-state index in [-0.39, 0.29) is 0 Å². The molecule has 0 saturated carbocycles. The maximum Gasteiger partial charge on any atom is 0.123 e. The van der Waals surface area contributed by atoms with Gasteiger partial charge in [0.2, 0.25) is 0 Å². The van der Waals surface area contributed by atoms with Crippen molar-refractivity contribution in [1.29, 1.82) is 0 Å². The first-order chi connectivity index (χ1) is 10.2. The molecule has 4 heteroatoms. The van der Waals surface area contributed by atoms with Crippen molar-refractivity contribution in [2.75, 3.05) is 12.9 Å². The Morgan fingerprint density at radius 2 is 1.76 bits per heavy atom. The van der Waals surface area contributed by atoms with E-state index in [1.165, 1.54) is 5.56 Å². The van der Waals surface area contributed by atoms with E-state index >= 15 is 0 Å². The zero-order chi connectivity index (χ0) is 15.1. The number of hydrogen-bond acceptors (Lipinski definition) is 3. The van der Waals surface area contributed by atoms with E-state index in [0.717, 1.165) is 29.3 Å². The third-order valence-electron chi connectivity index (χ3n) is 3.17. The molecule has 0 radical (unpaired) electrons. The topological polar surface area (TPSA) is 38.3 Å². The molecule has 3 nitrogen and oxygen atoms in total. The Morgan fingerprint density at radius 1 is 1.05 bits per heavy atom. The van der Waals surface area contributed by atoms with Crippen molar-refractivity contribution >= 4 is 10.8 Å². The van der Waals surface area contributed by atoms with Crippen LogP contribution < -0.4 is 10.1 Å². The third-order valence-corrected chi connectivity index (χ3v) is 4.11. The number of nitrogens with one attached hydrogen (secondary N) is 1. The van der Waals surface area contributed by atoms with E-state index < -0.39 is 10.8 Å². The quantitative estimate of drug-likeness (QED) is 0.854. The Balaban J connectivity index is 1.91. The summed E-state index contributed by atoms with van der Waals surface area (Å²) in [4.78, 5) is 0.862. The molecular formula is C17H21NO2S. The van der Waals surface area contributed by atoms with E-state index in [1.807, 2.05) is 49.4 Å². The molecular weight excluding hydrogens is 282 g/mol. The molecule has 0 amide bonds. The van der Waals surface area contributed by atoms with Crippen molar-refractivity contribution in [2.45, 2.75) is 24.9 Å². The van der Waals surface area contributed by atoms with Crippen LogP contribution in [0.15, 0.2) is 53.4 Å². The number of rotatable bonds is 7. The number of hydrogen-bond donors (Lipinski definition) is 1. The van der Waals surface area contributed by atoms with Crippen molar-refractivity contribution < 1.29 is 8.95 Å². The van der Waals surface area contributed by atoms with Crippen LogP contribution in [0.2, 0.25) is 0 Å². The SMILES string of the molecule is CCOc1ccccc1CNCc1ccc([S@@](C)=O)cc1. The Kier molecular flexibility index (Phi) is 5.96. The number of benzene rings is 2. The molecule has 1 N–H and O–H groups in total. The molecule has 0 aromatic heterocycles. The van der Waals surface area contributed by atoms with Gasteiger partial charge in [-0.1, -0.05) is 30.3 Å². The van der Waals surface area contributed by atoms with Gasteiger partial charge in [-0.25, -0.2) is 0 Å². The predicted molar refractivity (Wildman–Crippen MR) is 86.9 cm³/mol. The van der Waals surface area contributed by atoms with Gasteiger partial charge in [-0.3, -0.25) is 4.21 Å². The summed E-state index contributed by atoms with van der Waals surface area (Å²) < 4.78 is 16.9. The molecule has 0 aliphatic heterocycles. The Bertz CT molecular complexity index is 596. The first-order valence-electron chi connectivity index (χ1n) is 7.04. The van der Waals surface area contributed by atoms with Crippen LogP contribution >= 0.6 is 0 Å². The van der Waals surface area contributed by atoms with Crippen molar-refractivity contribution in [3.63, 3.8) is 0 Å². The fourth-order valence-corrected chi connectivity index (χ4v) is 2.61. The molecule has 1 atom stereocenters. The van der Waals surface area contributed by atoms with E-state index in [4.69, 9.17) is 4.74 Å². The highest BCUT2D eigenvalue weighted by Crippen LogP contribution is 2.17. The molecule has 0 heterocycles. The van der Waals surface area contributed by atoms with Crippen LogP contribution in [0.25, 0.3) is 0 Å². The molecule has 0 saturated heterocycles. The van der Waals surface area contributed by atoms with Gasteiger partial charge in [-0.2, -0.15) is 0 Å². The lowest BCUT2D eigenvalue weighted by Gasteiger charge is -2.11. The zero-order valence-corrected chi connectivity index (χ0v) is 13.3. The van der Waals surface area contributed by atoms with Gasteiger partial charge in [0.25, 0.3) is 0 Å². The lowest BCUT2D eigenvalue weighted by molar-refractivity contribution is 0.335. The van der Waals surface area contributed by atoms with Gasteiger partial charge < -0.3 is 10.1 Å². The number of ether oxygens (including phenoxy) is 1. The van der Waals surface area contributed by atoms with Crippen LogP contribution in [-0.2, 0) is 23.9 Å². The Hall–Kier alpha value is -1.65. The van der Waals surface area contributed by atoms with E-state index in [9.17, 15) is 4.21 Å². The summed E-state index contributed by atoms with van der Waals surface area (Å²) in [6.07, 6.45) is 1.69. The van der Waals surface area contributed by atoms with Gasteiger partial charge in [-0.05, 0) is 30.7 Å². The van der Waals surface area contributed by atoms with E-state index in [2.05, 4.69) is 11.4 Å². The van der Waals surface area contributed by atoms with Crippen molar-refractivity contribution in [2.24, 2.45) is 0 Å². The molecule has 0 aliphatic carbocycles. The van der Waals surface area contributed by atoms with Crippen LogP contribution in [-0.4, -0.2) is 17.1 Å². The summed E-state index contributed by atoms with van der Waals surface area (Å²) in [6.45, 7) is 4.20. The van der Waals surface area contributed by atoms with Crippen molar-refractivity contribution in [1.82, 2.24) is 5.32 Å². The van der Waals surface area contributed by atoms with Crippen LogP contribution in [0.1, 0.15) is 18.1 Å². The molecule has 0 spiro atoms. The van der Waals surface area contributed by atoms with Gasteiger partial charge in [0.1, 0.15) is 5.75 Å². The monoisotopic (exact) mass is 303 g/mol. The molecule has 2 aromatic carbocycles. The Morgan fingerprint density at radius 3 is 2.43 bits per heavy atom. The minimum atomic E-state index is -0.915. The highest BCUT2D eigenvalue weighted by Gasteiger charge is 2.02. The second-order valence-electron chi connectivity index (χ2n) is 4.74. The summed E-state index contributed by atoms with van der Waals surface area (Å²) in [6, 6.07) is 15.9. The standard InChI is InChI=1S/C17H21NO2S/c1-3-20-17-7-5-4-6-15(17)13-18-12-14-8-10-16(11-9-14)21(2)19/h4-11,18H,3,12-13H2,1-2H3/t21-/m1/s1. The van der Waals surface area contributed by atoms with Crippen LogP contribution in [0.4, 0.5) is 0 Å². The molecule has 0 unspecified atom stereocenters. The second kappa shape index (κ2) is 7.96. The molecule has 2 aromatic rings. The maximum atomic E-state index is 11.3. The summed E-state index contributed by atoms with van der Waals surface area (Å²) in [5.41, 5.74) is 2.34. The fraction of sp³-hybridized carbons (Fsp3) is 0.294. The molecule has 0 aliphatic rings. The molecule has 2 rings (SSSR count). The van der Waals surface area contributed by atoms with Gasteiger partial charge in [0.05, 0.1) is 6.61 Å². The lowest BCUT2D eigenvalue weighted by atomic mass is 10.2. The predicted octanol–water partition coefficient (Wildman–Crippen LogP) is 3.11. The largest absolute Gasteiger partial charge is 0.494 e. The lowest BCUT2D eigenvalue weighted by Crippen LogP contribution is -2.13. The first-order valence-corrected chi connectivity index (χ1v) is 8.60. The minimum absolute atomic E-state index is 0.673. The second-order valence-corrected chi connectivity index (χ2v) is 6.12. The minimum Gasteiger partial charge on any atom is -0.494 e. The fourth-order valence-electron chi connectivity index (χ4n) is 2.09. The van der Waals surface area contributed by atoms with Crippen molar-refractivity contribution in [3.8, 4) is 5.75 Å². The zero-order valence-electron chi connectivity index (χ0n) is 12.5. The van der Waals surface area contributed by atoms with Gasteiger partial charge in [0.15, 0.2) is 0 Å². The highest BCUT2D eigenvalue weighted by atomic mass is 32.2. The molecule has 21 heavy (non-hydrogen) atoms. The van der Waals surface area contributed by atoms with Gasteiger partial charge >= 0.3 is 0 Å². The van der Waals surface area contributed by atoms with Crippen LogP contribution in [0.5, 0.6) is 5.75 Å². The van der Waals surface area contributed by atoms with E-state index in [1.54, 1.807) is 6.26 Å². The average molecular weight is 303 g/mol. The van der Waals surface area contributed by atoms with Gasteiger partial charge in [-0.15, -0.1) is 0 Å². The van der Waals surface area contributed by atoms with Gasteiger partial charge in [0, 0.05) is 40.6 Å². The Labute approximate surface area is 128 Å². The summed E-state index contributed by atoms with van der Waals surface area (Å²) >= 11 is 0. The van der Waals surface area contributed by atoms with Crippen LogP contribution in [0, 0.1) is 0 Å². The first kappa shape index (κ1) is 15.7. The maximum absolute atomic E-state index is 11.3. The molecule has 0 fully saturated rings. The highest BCUT2D eigenvalue weighted by molar-refractivity contribution is 7.84. The third kappa shape index (κ3) is 4.69. The average Bonchev–Trinajstić information content (AvgIpc) is 2.50. The van der Waals surface area contributed by atoms with E-state index in [0.29, 0.717) is 6.61 Å². The van der Waals surface area contributed by atoms with Crippen molar-refractivity contribution in [3.05, 3.63) is 59.7 Å². The normalized spacial score (nSPS) is 12.1. The number of para-hydroxylation sites is 1. The molecule has 112 valence electrons. The smallest absolute Gasteiger partial charge is 0.123 e. The summed E-state index contributed by atoms with van der Waals surface area (Å²) in [5.74, 6) is 0.934. The summed E-state index contributed by atoms with van der Waals surface area (Å²) in [5, 5.41) is 3.41. The molecule has 0 bridgehead atoms.